The second kappa shape index (κ2) is 5.54. The van der Waals surface area contributed by atoms with Gasteiger partial charge in [-0.3, -0.25) is 0 Å². The van der Waals surface area contributed by atoms with Crippen molar-refractivity contribution in [2.24, 2.45) is 13.0 Å². The Morgan fingerprint density at radius 2 is 2.30 bits per heavy atom. The molecule has 0 bridgehead atoms. The van der Waals surface area contributed by atoms with E-state index in [0.29, 0.717) is 12.0 Å². The molecule has 4 heteroatoms. The van der Waals surface area contributed by atoms with Crippen LogP contribution in [0.1, 0.15) is 24.7 Å². The average molecular weight is 273 g/mol. The van der Waals surface area contributed by atoms with Crippen molar-refractivity contribution in [2.45, 2.75) is 32.9 Å². The zero-order valence-corrected chi connectivity index (χ0v) is 12.5. The van der Waals surface area contributed by atoms with Crippen LogP contribution in [0.4, 0.5) is 0 Å². The molecule has 1 aromatic heterocycles. The number of benzene rings is 1. The van der Waals surface area contributed by atoms with Gasteiger partial charge in [0.05, 0.1) is 24.2 Å². The van der Waals surface area contributed by atoms with E-state index in [2.05, 4.69) is 49.0 Å². The fourth-order valence-corrected chi connectivity index (χ4v) is 2.92. The minimum Gasteiger partial charge on any atom is -0.381 e. The van der Waals surface area contributed by atoms with Crippen LogP contribution in [0.3, 0.4) is 0 Å². The Labute approximate surface area is 120 Å². The molecule has 2 aromatic rings. The van der Waals surface area contributed by atoms with E-state index in [9.17, 15) is 0 Å². The predicted octanol–water partition coefficient (Wildman–Crippen LogP) is 2.40. The van der Waals surface area contributed by atoms with Gasteiger partial charge in [0, 0.05) is 19.7 Å². The highest BCUT2D eigenvalue weighted by atomic mass is 16.5. The maximum atomic E-state index is 5.49. The van der Waals surface area contributed by atoms with Gasteiger partial charge in [-0.15, -0.1) is 0 Å². The fourth-order valence-electron chi connectivity index (χ4n) is 2.92. The van der Waals surface area contributed by atoms with Gasteiger partial charge in [-0.1, -0.05) is 13.0 Å². The third-order valence-corrected chi connectivity index (χ3v) is 4.29. The van der Waals surface area contributed by atoms with Gasteiger partial charge in [0.2, 0.25) is 0 Å². The highest BCUT2D eigenvalue weighted by Crippen LogP contribution is 2.18. The summed E-state index contributed by atoms with van der Waals surface area (Å²) in [6.07, 6.45) is 1.09. The molecule has 108 valence electrons. The van der Waals surface area contributed by atoms with Crippen LogP contribution < -0.4 is 5.32 Å². The topological polar surface area (TPSA) is 39.1 Å². The predicted molar refractivity (Wildman–Crippen MR) is 80.7 cm³/mol. The molecule has 0 saturated carbocycles. The van der Waals surface area contributed by atoms with Crippen LogP contribution in [0.2, 0.25) is 0 Å². The van der Waals surface area contributed by atoms with Gasteiger partial charge in [0.25, 0.3) is 0 Å². The first-order valence-electron chi connectivity index (χ1n) is 7.38. The molecule has 1 aliphatic heterocycles. The summed E-state index contributed by atoms with van der Waals surface area (Å²) in [6, 6.07) is 6.97. The maximum absolute atomic E-state index is 5.49. The lowest BCUT2D eigenvalue weighted by Crippen LogP contribution is -2.41. The Kier molecular flexibility index (Phi) is 3.76. The molecule has 1 saturated heterocycles. The van der Waals surface area contributed by atoms with Crippen molar-refractivity contribution in [2.75, 3.05) is 13.2 Å². The summed E-state index contributed by atoms with van der Waals surface area (Å²) in [7, 11) is 2.09. The molecule has 4 nitrogen and oxygen atoms in total. The van der Waals surface area contributed by atoms with E-state index in [1.54, 1.807) is 0 Å². The lowest BCUT2D eigenvalue weighted by molar-refractivity contribution is 0.0384. The summed E-state index contributed by atoms with van der Waals surface area (Å²) in [5, 5.41) is 3.64. The average Bonchev–Trinajstić information content (AvgIpc) is 2.74. The van der Waals surface area contributed by atoms with Gasteiger partial charge in [-0.2, -0.15) is 0 Å². The minimum atomic E-state index is 0.533. The summed E-state index contributed by atoms with van der Waals surface area (Å²) < 4.78 is 7.67. The summed E-state index contributed by atoms with van der Waals surface area (Å²) >= 11 is 0. The van der Waals surface area contributed by atoms with E-state index in [1.807, 2.05) is 0 Å². The zero-order chi connectivity index (χ0) is 14.1. The van der Waals surface area contributed by atoms with Crippen molar-refractivity contribution < 1.29 is 4.74 Å². The molecule has 0 radical (unpaired) electrons. The molecule has 20 heavy (non-hydrogen) atoms. The van der Waals surface area contributed by atoms with Crippen LogP contribution >= 0.6 is 0 Å². The minimum absolute atomic E-state index is 0.533. The third-order valence-electron chi connectivity index (χ3n) is 4.29. The smallest absolute Gasteiger partial charge is 0.123 e. The van der Waals surface area contributed by atoms with Crippen LogP contribution in [0.5, 0.6) is 0 Å². The summed E-state index contributed by atoms with van der Waals surface area (Å²) in [5.74, 6) is 1.67. The Hall–Kier alpha value is -1.39. The molecule has 2 heterocycles. The lowest BCUT2D eigenvalue weighted by atomic mass is 9.98. The number of aryl methyl sites for hydroxylation is 2. The van der Waals surface area contributed by atoms with Crippen molar-refractivity contribution in [3.63, 3.8) is 0 Å². The summed E-state index contributed by atoms with van der Waals surface area (Å²) in [4.78, 5) is 4.75. The number of nitrogens with one attached hydrogen (secondary N) is 1. The number of hydrogen-bond acceptors (Lipinski definition) is 3. The standard InChI is InChI=1S/C16H23N3O/c1-11-4-5-15-14(8-11)18-16(19(15)3)9-17-13-6-7-20-10-12(13)2/h4-5,8,12-13,17H,6-7,9-10H2,1-3H3. The number of ether oxygens (including phenoxy) is 1. The van der Waals surface area contributed by atoms with Crippen molar-refractivity contribution in [1.29, 1.82) is 0 Å². The van der Waals surface area contributed by atoms with Crippen LogP contribution in [0.15, 0.2) is 18.2 Å². The first-order valence-corrected chi connectivity index (χ1v) is 7.38. The van der Waals surface area contributed by atoms with Crippen molar-refractivity contribution in [3.8, 4) is 0 Å². The Balaban J connectivity index is 1.75. The fraction of sp³-hybridized carbons (Fsp3) is 0.562. The number of fused-ring (bicyclic) bond motifs is 1. The molecule has 1 N–H and O–H groups in total. The van der Waals surface area contributed by atoms with Gasteiger partial charge in [0.1, 0.15) is 5.82 Å². The number of aromatic nitrogens is 2. The molecule has 3 rings (SSSR count). The first kappa shape index (κ1) is 13.6. The van der Waals surface area contributed by atoms with E-state index in [4.69, 9.17) is 9.72 Å². The number of imidazole rings is 1. The second-order valence-corrected chi connectivity index (χ2v) is 5.91. The molecular formula is C16H23N3O. The maximum Gasteiger partial charge on any atom is 0.123 e. The van der Waals surface area contributed by atoms with Gasteiger partial charge < -0.3 is 14.6 Å². The Morgan fingerprint density at radius 1 is 1.45 bits per heavy atom. The number of nitrogens with zero attached hydrogens (tertiary/aromatic N) is 2. The van der Waals surface area contributed by atoms with E-state index < -0.39 is 0 Å². The highest BCUT2D eigenvalue weighted by Gasteiger charge is 2.21. The van der Waals surface area contributed by atoms with Crippen molar-refractivity contribution >= 4 is 11.0 Å². The molecule has 1 aromatic carbocycles. The second-order valence-electron chi connectivity index (χ2n) is 5.91. The van der Waals surface area contributed by atoms with E-state index >= 15 is 0 Å². The van der Waals surface area contributed by atoms with Gasteiger partial charge >= 0.3 is 0 Å². The van der Waals surface area contributed by atoms with E-state index in [1.165, 1.54) is 11.1 Å². The molecule has 1 aliphatic rings. The SMILES string of the molecule is Cc1ccc2c(c1)nc(CNC1CCOCC1C)n2C. The molecular weight excluding hydrogens is 250 g/mol. The normalized spacial score (nSPS) is 23.4. The van der Waals surface area contributed by atoms with Crippen LogP contribution in [0, 0.1) is 12.8 Å². The van der Waals surface area contributed by atoms with Gasteiger partial charge in [0.15, 0.2) is 0 Å². The molecule has 2 unspecified atom stereocenters. The summed E-state index contributed by atoms with van der Waals surface area (Å²) in [6.45, 7) is 6.90. The van der Waals surface area contributed by atoms with Gasteiger partial charge in [-0.05, 0) is 37.0 Å². The largest absolute Gasteiger partial charge is 0.381 e. The first-order chi connectivity index (χ1) is 9.65. The van der Waals surface area contributed by atoms with E-state index in [-0.39, 0.29) is 0 Å². The molecule has 0 aliphatic carbocycles. The van der Waals surface area contributed by atoms with Crippen LogP contribution in [0.25, 0.3) is 11.0 Å². The molecule has 2 atom stereocenters. The quantitative estimate of drug-likeness (QED) is 0.933. The van der Waals surface area contributed by atoms with Crippen molar-refractivity contribution in [1.82, 2.24) is 14.9 Å². The summed E-state index contributed by atoms with van der Waals surface area (Å²) in [5.41, 5.74) is 3.55. The van der Waals surface area contributed by atoms with E-state index in [0.717, 1.165) is 37.5 Å². The highest BCUT2D eigenvalue weighted by molar-refractivity contribution is 5.76. The van der Waals surface area contributed by atoms with Crippen molar-refractivity contribution in [3.05, 3.63) is 29.6 Å². The zero-order valence-electron chi connectivity index (χ0n) is 12.5. The monoisotopic (exact) mass is 273 g/mol. The molecule has 0 spiro atoms. The van der Waals surface area contributed by atoms with Gasteiger partial charge in [-0.25, -0.2) is 4.98 Å². The molecule has 0 amide bonds. The lowest BCUT2D eigenvalue weighted by Gasteiger charge is -2.29. The number of rotatable bonds is 3. The third kappa shape index (κ3) is 2.58. The van der Waals surface area contributed by atoms with Crippen LogP contribution in [-0.2, 0) is 18.3 Å². The Morgan fingerprint density at radius 3 is 3.10 bits per heavy atom. The van der Waals surface area contributed by atoms with Crippen LogP contribution in [-0.4, -0.2) is 28.8 Å². The number of hydrogen-bond donors (Lipinski definition) is 1. The molecule has 1 fully saturated rings. The Bertz CT molecular complexity index is 605.